The van der Waals surface area contributed by atoms with Crippen molar-refractivity contribution in [3.8, 4) is 11.4 Å². The van der Waals surface area contributed by atoms with Crippen LogP contribution in [0.4, 0.5) is 0 Å². The number of aromatic nitrogens is 2. The van der Waals surface area contributed by atoms with Gasteiger partial charge in [0.1, 0.15) is 0 Å². The lowest BCUT2D eigenvalue weighted by Crippen LogP contribution is -2.40. The van der Waals surface area contributed by atoms with Crippen LogP contribution in [-0.2, 0) is 16.0 Å². The predicted molar refractivity (Wildman–Crippen MR) is 96.5 cm³/mol. The van der Waals surface area contributed by atoms with Crippen LogP contribution in [0.3, 0.4) is 0 Å². The highest BCUT2D eigenvalue weighted by molar-refractivity contribution is 5.78. The van der Waals surface area contributed by atoms with Crippen molar-refractivity contribution >= 4 is 11.9 Å². The van der Waals surface area contributed by atoms with Gasteiger partial charge >= 0.3 is 5.97 Å². The number of benzene rings is 1. The first-order valence-corrected chi connectivity index (χ1v) is 8.73. The van der Waals surface area contributed by atoms with Crippen LogP contribution >= 0.6 is 0 Å². The van der Waals surface area contributed by atoms with Gasteiger partial charge in [-0.15, -0.1) is 0 Å². The molecule has 0 bridgehead atoms. The van der Waals surface area contributed by atoms with Crippen LogP contribution in [0, 0.1) is 5.92 Å². The number of aliphatic carboxylic acids is 1. The van der Waals surface area contributed by atoms with Crippen molar-refractivity contribution in [2.24, 2.45) is 5.92 Å². The molecule has 0 aliphatic heterocycles. The molecule has 2 aromatic rings. The van der Waals surface area contributed by atoms with E-state index in [1.165, 1.54) is 5.56 Å². The minimum absolute atomic E-state index is 0.157. The van der Waals surface area contributed by atoms with Crippen LogP contribution in [0.15, 0.2) is 28.8 Å². The number of carboxylic acids is 1. The highest BCUT2D eigenvalue weighted by Gasteiger charge is 2.21. The molecule has 7 heteroatoms. The molecule has 140 valence electrons. The maximum Gasteiger partial charge on any atom is 0.308 e. The van der Waals surface area contributed by atoms with E-state index in [9.17, 15) is 9.59 Å². The van der Waals surface area contributed by atoms with E-state index in [1.54, 1.807) is 13.8 Å². The minimum atomic E-state index is -0.942. The Morgan fingerprint density at radius 1 is 1.15 bits per heavy atom. The summed E-state index contributed by atoms with van der Waals surface area (Å²) in [5.74, 6) is -0.516. The van der Waals surface area contributed by atoms with Crippen molar-refractivity contribution in [1.29, 1.82) is 0 Å². The van der Waals surface area contributed by atoms with Crippen molar-refractivity contribution in [3.63, 3.8) is 0 Å². The summed E-state index contributed by atoms with van der Waals surface area (Å²) in [6.45, 7) is 7.49. The highest BCUT2D eigenvalue weighted by Crippen LogP contribution is 2.20. The molecule has 2 unspecified atom stereocenters. The number of hydrogen-bond acceptors (Lipinski definition) is 5. The van der Waals surface area contributed by atoms with Crippen molar-refractivity contribution < 1.29 is 19.2 Å². The van der Waals surface area contributed by atoms with Crippen LogP contribution in [-0.4, -0.2) is 33.2 Å². The third kappa shape index (κ3) is 5.15. The second-order valence-corrected chi connectivity index (χ2v) is 6.77. The van der Waals surface area contributed by atoms with E-state index in [-0.39, 0.29) is 12.3 Å². The Morgan fingerprint density at radius 2 is 1.81 bits per heavy atom. The summed E-state index contributed by atoms with van der Waals surface area (Å²) in [4.78, 5) is 27.2. The summed E-state index contributed by atoms with van der Waals surface area (Å²) in [5, 5.41) is 15.6. The number of nitrogens with one attached hydrogen (secondary N) is 1. The first-order valence-electron chi connectivity index (χ1n) is 8.73. The van der Waals surface area contributed by atoms with Gasteiger partial charge in [-0.1, -0.05) is 43.3 Å². The standard InChI is InChI=1S/C19H25N3O4/c1-11(2)14-5-7-15(8-6-14)18-21-17(26-22-18)10-9-16(23)20-13(4)12(3)19(24)25/h5-8,11-13H,9-10H2,1-4H3,(H,20,23)(H,24,25). The molecular weight excluding hydrogens is 334 g/mol. The zero-order chi connectivity index (χ0) is 19.3. The molecule has 0 radical (unpaired) electrons. The van der Waals surface area contributed by atoms with E-state index in [0.717, 1.165) is 5.56 Å². The number of amides is 1. The molecule has 0 saturated heterocycles. The summed E-state index contributed by atoms with van der Waals surface area (Å²) in [5.41, 5.74) is 2.09. The SMILES string of the molecule is CC(C)c1ccc(-c2noc(CCC(=O)NC(C)C(C)C(=O)O)n2)cc1. The lowest BCUT2D eigenvalue weighted by atomic mass is 10.0. The molecule has 0 fully saturated rings. The number of carbonyl (C=O) groups excluding carboxylic acids is 1. The van der Waals surface area contributed by atoms with E-state index in [4.69, 9.17) is 9.63 Å². The van der Waals surface area contributed by atoms with Crippen LogP contribution in [0.25, 0.3) is 11.4 Å². The van der Waals surface area contributed by atoms with Gasteiger partial charge in [-0.2, -0.15) is 4.98 Å². The molecule has 1 amide bonds. The van der Waals surface area contributed by atoms with Crippen molar-refractivity contribution in [2.45, 2.75) is 52.5 Å². The number of carbonyl (C=O) groups is 2. The van der Waals surface area contributed by atoms with E-state index in [1.807, 2.05) is 24.3 Å². The van der Waals surface area contributed by atoms with Gasteiger partial charge in [0.2, 0.25) is 17.6 Å². The number of aryl methyl sites for hydroxylation is 1. The molecule has 26 heavy (non-hydrogen) atoms. The Morgan fingerprint density at radius 3 is 2.38 bits per heavy atom. The molecule has 1 aromatic heterocycles. The molecule has 0 aliphatic rings. The summed E-state index contributed by atoms with van der Waals surface area (Å²) in [6, 6.07) is 7.53. The molecule has 0 saturated carbocycles. The molecular formula is C19H25N3O4. The predicted octanol–water partition coefficient (Wildman–Crippen LogP) is 3.02. The Bertz CT molecular complexity index is 752. The lowest BCUT2D eigenvalue weighted by molar-refractivity contribution is -0.142. The summed E-state index contributed by atoms with van der Waals surface area (Å²) < 4.78 is 5.20. The zero-order valence-corrected chi connectivity index (χ0v) is 15.5. The van der Waals surface area contributed by atoms with E-state index < -0.39 is 17.9 Å². The Balaban J connectivity index is 1.90. The topological polar surface area (TPSA) is 105 Å². The maximum absolute atomic E-state index is 11.9. The quantitative estimate of drug-likeness (QED) is 0.750. The normalized spacial score (nSPS) is 13.4. The molecule has 2 atom stereocenters. The Kier molecular flexibility index (Phi) is 6.49. The van der Waals surface area contributed by atoms with Gasteiger partial charge in [0, 0.05) is 24.4 Å². The van der Waals surface area contributed by atoms with Crippen molar-refractivity contribution in [3.05, 3.63) is 35.7 Å². The van der Waals surface area contributed by atoms with Crippen LogP contribution in [0.2, 0.25) is 0 Å². The van der Waals surface area contributed by atoms with Gasteiger partial charge in [0.15, 0.2) is 0 Å². The fourth-order valence-corrected chi connectivity index (χ4v) is 2.38. The zero-order valence-electron chi connectivity index (χ0n) is 15.5. The van der Waals surface area contributed by atoms with Gasteiger partial charge in [0.05, 0.1) is 5.92 Å². The number of nitrogens with zero attached hydrogens (tertiary/aromatic N) is 2. The van der Waals surface area contributed by atoms with Crippen molar-refractivity contribution in [2.75, 3.05) is 0 Å². The lowest BCUT2D eigenvalue weighted by Gasteiger charge is -2.17. The molecule has 0 spiro atoms. The van der Waals surface area contributed by atoms with Crippen LogP contribution in [0.5, 0.6) is 0 Å². The monoisotopic (exact) mass is 359 g/mol. The molecule has 2 N–H and O–H groups in total. The molecule has 0 aliphatic carbocycles. The highest BCUT2D eigenvalue weighted by atomic mass is 16.5. The Labute approximate surface area is 152 Å². The van der Waals surface area contributed by atoms with Crippen molar-refractivity contribution in [1.82, 2.24) is 15.5 Å². The average molecular weight is 359 g/mol. The van der Waals surface area contributed by atoms with Gasteiger partial charge in [0.25, 0.3) is 0 Å². The second-order valence-electron chi connectivity index (χ2n) is 6.77. The van der Waals surface area contributed by atoms with E-state index in [0.29, 0.717) is 24.1 Å². The fraction of sp³-hybridized carbons (Fsp3) is 0.474. The smallest absolute Gasteiger partial charge is 0.308 e. The van der Waals surface area contributed by atoms with E-state index in [2.05, 4.69) is 29.3 Å². The summed E-state index contributed by atoms with van der Waals surface area (Å²) in [6.07, 6.45) is 0.460. The van der Waals surface area contributed by atoms with Gasteiger partial charge in [-0.3, -0.25) is 9.59 Å². The van der Waals surface area contributed by atoms with Gasteiger partial charge in [-0.05, 0) is 25.3 Å². The fourth-order valence-electron chi connectivity index (χ4n) is 2.38. The summed E-state index contributed by atoms with van der Waals surface area (Å²) in [7, 11) is 0. The number of carboxylic acid groups (broad SMARTS) is 1. The molecule has 1 aromatic carbocycles. The van der Waals surface area contributed by atoms with Gasteiger partial charge < -0.3 is 14.9 Å². The minimum Gasteiger partial charge on any atom is -0.481 e. The number of rotatable bonds is 8. The van der Waals surface area contributed by atoms with Gasteiger partial charge in [-0.25, -0.2) is 0 Å². The third-order valence-corrected chi connectivity index (χ3v) is 4.40. The molecule has 7 nitrogen and oxygen atoms in total. The third-order valence-electron chi connectivity index (χ3n) is 4.40. The van der Waals surface area contributed by atoms with Crippen LogP contribution in [0.1, 0.15) is 51.5 Å². The maximum atomic E-state index is 11.9. The van der Waals surface area contributed by atoms with Crippen LogP contribution < -0.4 is 5.32 Å². The summed E-state index contributed by atoms with van der Waals surface area (Å²) >= 11 is 0. The molecule has 2 rings (SSSR count). The number of hydrogen-bond donors (Lipinski definition) is 2. The molecule has 1 heterocycles. The Hall–Kier alpha value is -2.70. The largest absolute Gasteiger partial charge is 0.481 e. The first kappa shape index (κ1) is 19.6. The second kappa shape index (κ2) is 8.60. The average Bonchev–Trinajstić information content (AvgIpc) is 3.08. The first-order chi connectivity index (χ1) is 12.3. The van der Waals surface area contributed by atoms with E-state index >= 15 is 0 Å².